The molecule has 0 radical (unpaired) electrons. The van der Waals surface area contributed by atoms with Crippen LogP contribution in [0.2, 0.25) is 10.0 Å². The number of benzene rings is 1. The summed E-state index contributed by atoms with van der Waals surface area (Å²) in [5, 5.41) is 1.01. The van der Waals surface area contributed by atoms with Crippen LogP contribution in [0.25, 0.3) is 0 Å². The summed E-state index contributed by atoms with van der Waals surface area (Å²) in [6.45, 7) is 1.39. The van der Waals surface area contributed by atoms with Crippen LogP contribution in [0, 0.1) is 0 Å². The molecule has 1 aromatic carbocycles. The summed E-state index contributed by atoms with van der Waals surface area (Å²) in [6.07, 6.45) is 3.10. The molecule has 15 heavy (non-hydrogen) atoms. The molecule has 0 unspecified atom stereocenters. The lowest BCUT2D eigenvalue weighted by Gasteiger charge is -2.08. The van der Waals surface area contributed by atoms with Gasteiger partial charge in [0.05, 0.1) is 11.6 Å². The molecule has 0 amide bonds. The van der Waals surface area contributed by atoms with Gasteiger partial charge in [0.2, 0.25) is 0 Å². The molecule has 2 nitrogen and oxygen atoms in total. The number of hydrogen-bond acceptors (Lipinski definition) is 2. The number of rotatable bonds is 6. The highest BCUT2D eigenvalue weighted by Gasteiger charge is 2.04. The molecule has 0 aromatic heterocycles. The minimum absolute atomic E-state index is 0.484. The highest BCUT2D eigenvalue weighted by atomic mass is 35.5. The number of halogens is 2. The summed E-state index contributed by atoms with van der Waals surface area (Å²) in [6, 6.07) is 5.38. The molecule has 0 heterocycles. The minimum atomic E-state index is 0.484. The van der Waals surface area contributed by atoms with Crippen molar-refractivity contribution in [3.05, 3.63) is 28.2 Å². The van der Waals surface area contributed by atoms with Crippen LogP contribution in [-0.4, -0.2) is 13.2 Å². The van der Waals surface area contributed by atoms with Crippen LogP contribution in [0.3, 0.4) is 0 Å². The van der Waals surface area contributed by atoms with Crippen molar-refractivity contribution in [2.75, 3.05) is 13.2 Å². The van der Waals surface area contributed by atoms with Crippen molar-refractivity contribution in [1.82, 2.24) is 0 Å². The fourth-order valence-electron chi connectivity index (χ4n) is 1.20. The van der Waals surface area contributed by atoms with Crippen LogP contribution in [0.5, 0.6) is 5.75 Å². The Labute approximate surface area is 100 Å². The minimum Gasteiger partial charge on any atom is -0.492 e. The highest BCUT2D eigenvalue weighted by molar-refractivity contribution is 6.42. The predicted octanol–water partition coefficient (Wildman–Crippen LogP) is 3.50. The van der Waals surface area contributed by atoms with E-state index in [1.54, 1.807) is 6.07 Å². The first-order valence-electron chi connectivity index (χ1n) is 5.02. The van der Waals surface area contributed by atoms with Gasteiger partial charge in [-0.05, 0) is 37.9 Å². The van der Waals surface area contributed by atoms with Gasteiger partial charge in [-0.1, -0.05) is 29.3 Å². The van der Waals surface area contributed by atoms with Crippen LogP contribution in [-0.2, 0) is 0 Å². The first kappa shape index (κ1) is 12.6. The Hall–Kier alpha value is -0.440. The number of unbranched alkanes of at least 4 members (excludes halogenated alkanes) is 2. The van der Waals surface area contributed by atoms with E-state index in [0.29, 0.717) is 22.4 Å². The molecular weight excluding hydrogens is 233 g/mol. The zero-order chi connectivity index (χ0) is 11.1. The van der Waals surface area contributed by atoms with Crippen molar-refractivity contribution in [3.63, 3.8) is 0 Å². The molecule has 0 aliphatic rings. The van der Waals surface area contributed by atoms with E-state index in [2.05, 4.69) is 0 Å². The zero-order valence-electron chi connectivity index (χ0n) is 8.51. The molecule has 4 heteroatoms. The van der Waals surface area contributed by atoms with Gasteiger partial charge in [-0.25, -0.2) is 0 Å². The second kappa shape index (κ2) is 6.94. The van der Waals surface area contributed by atoms with Crippen LogP contribution in [0.15, 0.2) is 18.2 Å². The topological polar surface area (TPSA) is 35.2 Å². The summed E-state index contributed by atoms with van der Waals surface area (Å²) in [5.74, 6) is 0.650. The van der Waals surface area contributed by atoms with E-state index in [1.807, 2.05) is 12.1 Å². The van der Waals surface area contributed by atoms with Gasteiger partial charge in [0, 0.05) is 0 Å². The van der Waals surface area contributed by atoms with Gasteiger partial charge in [0.25, 0.3) is 0 Å². The van der Waals surface area contributed by atoms with E-state index < -0.39 is 0 Å². The summed E-state index contributed by atoms with van der Waals surface area (Å²) in [7, 11) is 0. The molecule has 0 aliphatic heterocycles. The molecule has 2 N–H and O–H groups in total. The van der Waals surface area contributed by atoms with Crippen molar-refractivity contribution in [2.24, 2.45) is 5.73 Å². The van der Waals surface area contributed by atoms with Gasteiger partial charge < -0.3 is 10.5 Å². The summed E-state index contributed by atoms with van der Waals surface area (Å²) >= 11 is 11.8. The standard InChI is InChI=1S/C11H15Cl2NO/c12-9-5-4-6-10(11(9)13)15-8-3-1-2-7-14/h4-6H,1-3,7-8,14H2. The predicted molar refractivity (Wildman–Crippen MR) is 64.9 cm³/mol. The Balaban J connectivity index is 2.34. The first-order valence-corrected chi connectivity index (χ1v) is 5.78. The van der Waals surface area contributed by atoms with Crippen LogP contribution in [0.4, 0.5) is 0 Å². The fourth-order valence-corrected chi connectivity index (χ4v) is 1.55. The number of hydrogen-bond donors (Lipinski definition) is 1. The van der Waals surface area contributed by atoms with E-state index in [0.717, 1.165) is 25.8 Å². The lowest BCUT2D eigenvalue weighted by atomic mass is 10.2. The van der Waals surface area contributed by atoms with E-state index in [9.17, 15) is 0 Å². The molecule has 0 atom stereocenters. The van der Waals surface area contributed by atoms with Gasteiger partial charge in [0.1, 0.15) is 10.8 Å². The smallest absolute Gasteiger partial charge is 0.139 e. The van der Waals surface area contributed by atoms with Gasteiger partial charge in [-0.3, -0.25) is 0 Å². The third-order valence-corrected chi connectivity index (χ3v) is 2.82. The average molecular weight is 248 g/mol. The number of nitrogens with two attached hydrogens (primary N) is 1. The average Bonchev–Trinajstić information content (AvgIpc) is 2.24. The molecule has 0 spiro atoms. The van der Waals surface area contributed by atoms with Crippen LogP contribution in [0.1, 0.15) is 19.3 Å². The summed E-state index contributed by atoms with van der Waals surface area (Å²) in [5.41, 5.74) is 5.39. The second-order valence-electron chi connectivity index (χ2n) is 3.25. The monoisotopic (exact) mass is 247 g/mol. The maximum absolute atomic E-state index is 5.96. The lowest BCUT2D eigenvalue weighted by Crippen LogP contribution is -2.01. The van der Waals surface area contributed by atoms with Gasteiger partial charge >= 0.3 is 0 Å². The van der Waals surface area contributed by atoms with Crippen LogP contribution >= 0.6 is 23.2 Å². The third kappa shape index (κ3) is 4.29. The molecule has 0 saturated carbocycles. The molecule has 0 aliphatic carbocycles. The third-order valence-electron chi connectivity index (χ3n) is 2.02. The number of ether oxygens (including phenoxy) is 1. The van der Waals surface area contributed by atoms with Gasteiger partial charge in [-0.2, -0.15) is 0 Å². The van der Waals surface area contributed by atoms with Crippen molar-refractivity contribution in [2.45, 2.75) is 19.3 Å². The van der Waals surface area contributed by atoms with E-state index in [1.165, 1.54) is 0 Å². The Morgan fingerprint density at radius 3 is 2.67 bits per heavy atom. The van der Waals surface area contributed by atoms with E-state index in [-0.39, 0.29) is 0 Å². The second-order valence-corrected chi connectivity index (χ2v) is 4.03. The van der Waals surface area contributed by atoms with Crippen LogP contribution < -0.4 is 10.5 Å². The zero-order valence-corrected chi connectivity index (χ0v) is 10.0. The van der Waals surface area contributed by atoms with Crippen molar-refractivity contribution in [3.8, 4) is 5.75 Å². The quantitative estimate of drug-likeness (QED) is 0.782. The van der Waals surface area contributed by atoms with Gasteiger partial charge in [0.15, 0.2) is 0 Å². The fraction of sp³-hybridized carbons (Fsp3) is 0.455. The SMILES string of the molecule is NCCCCCOc1cccc(Cl)c1Cl. The summed E-state index contributed by atoms with van der Waals surface area (Å²) < 4.78 is 5.51. The van der Waals surface area contributed by atoms with Crippen molar-refractivity contribution >= 4 is 23.2 Å². The first-order chi connectivity index (χ1) is 7.25. The molecule has 0 fully saturated rings. The van der Waals surface area contributed by atoms with Crippen molar-refractivity contribution in [1.29, 1.82) is 0 Å². The van der Waals surface area contributed by atoms with Crippen molar-refractivity contribution < 1.29 is 4.74 Å². The largest absolute Gasteiger partial charge is 0.492 e. The Morgan fingerprint density at radius 1 is 1.13 bits per heavy atom. The van der Waals surface area contributed by atoms with E-state index in [4.69, 9.17) is 33.7 Å². The molecule has 1 rings (SSSR count). The Bertz CT molecular complexity index is 305. The van der Waals surface area contributed by atoms with Gasteiger partial charge in [-0.15, -0.1) is 0 Å². The molecule has 0 bridgehead atoms. The molecular formula is C11H15Cl2NO. The summed E-state index contributed by atoms with van der Waals surface area (Å²) in [4.78, 5) is 0. The molecule has 1 aromatic rings. The Kier molecular flexibility index (Phi) is 5.84. The van der Waals surface area contributed by atoms with E-state index >= 15 is 0 Å². The normalized spacial score (nSPS) is 10.3. The molecule has 0 saturated heterocycles. The lowest BCUT2D eigenvalue weighted by molar-refractivity contribution is 0.306. The molecule has 84 valence electrons. The maximum atomic E-state index is 5.96. The Morgan fingerprint density at radius 2 is 1.93 bits per heavy atom. The highest BCUT2D eigenvalue weighted by Crippen LogP contribution is 2.31. The maximum Gasteiger partial charge on any atom is 0.139 e.